The highest BCUT2D eigenvalue weighted by Crippen LogP contribution is 2.50. The second-order valence-corrected chi connectivity index (χ2v) is 8.22. The maximum Gasteiger partial charge on any atom is 0.180 e. The van der Waals surface area contributed by atoms with E-state index in [-0.39, 0.29) is 11.8 Å². The number of fused-ring (bicyclic) bond motifs is 4. The lowest BCUT2D eigenvalue weighted by molar-refractivity contribution is -0.155. The van der Waals surface area contributed by atoms with Gasteiger partial charge < -0.3 is 10.2 Å². The zero-order chi connectivity index (χ0) is 17.7. The topological polar surface area (TPSA) is 24.5 Å². The number of rotatable bonds is 1. The van der Waals surface area contributed by atoms with Crippen molar-refractivity contribution in [1.29, 1.82) is 0 Å². The molecule has 5 rings (SSSR count). The smallest absolute Gasteiger partial charge is 0.180 e. The molecule has 1 atom stereocenters. The minimum Gasteiger partial charge on any atom is -0.471 e. The van der Waals surface area contributed by atoms with Crippen LogP contribution in [-0.2, 0) is 0 Å². The van der Waals surface area contributed by atoms with Gasteiger partial charge in [-0.25, -0.2) is 0 Å². The molecular weight excluding hydrogens is 344 g/mol. The highest BCUT2D eigenvalue weighted by molar-refractivity contribution is 6.30. The van der Waals surface area contributed by atoms with Crippen LogP contribution < -0.4 is 10.2 Å². The molecule has 2 aliphatic heterocycles. The van der Waals surface area contributed by atoms with Crippen molar-refractivity contribution in [3.8, 4) is 5.75 Å². The molecule has 0 amide bonds. The van der Waals surface area contributed by atoms with Gasteiger partial charge >= 0.3 is 0 Å². The fraction of sp³-hybridized carbons (Fsp3) is 0.364. The van der Waals surface area contributed by atoms with Gasteiger partial charge in [-0.1, -0.05) is 48.9 Å². The first-order valence-corrected chi connectivity index (χ1v) is 9.84. The molecule has 1 spiro atoms. The maximum absolute atomic E-state index is 6.63. The van der Waals surface area contributed by atoms with Crippen molar-refractivity contribution in [2.45, 2.75) is 44.4 Å². The molecule has 2 aromatic rings. The molecule has 3 nitrogen and oxygen atoms in total. The van der Waals surface area contributed by atoms with Gasteiger partial charge in [-0.2, -0.15) is 5.01 Å². The molecule has 0 bridgehead atoms. The first-order valence-electron chi connectivity index (χ1n) is 9.46. The quantitative estimate of drug-likeness (QED) is 0.717. The van der Waals surface area contributed by atoms with Crippen LogP contribution in [0.15, 0.2) is 54.6 Å². The molecule has 26 heavy (non-hydrogen) atoms. The minimum atomic E-state index is -0.268. The van der Waals surface area contributed by atoms with Gasteiger partial charge in [0.2, 0.25) is 0 Å². The first-order chi connectivity index (χ1) is 12.6. The van der Waals surface area contributed by atoms with Crippen LogP contribution in [0, 0.1) is 5.92 Å². The minimum absolute atomic E-state index is 0.194. The number of hydrogen-bond donors (Lipinski definition) is 1. The van der Waals surface area contributed by atoms with Crippen molar-refractivity contribution in [3.63, 3.8) is 0 Å². The number of hydrogen-bond acceptors (Lipinski definition) is 3. The molecule has 0 saturated heterocycles. The van der Waals surface area contributed by atoms with Crippen LogP contribution in [0.1, 0.15) is 49.8 Å². The summed E-state index contributed by atoms with van der Waals surface area (Å²) in [7, 11) is 0. The average molecular weight is 367 g/mol. The van der Waals surface area contributed by atoms with E-state index in [0.717, 1.165) is 40.8 Å². The first kappa shape index (κ1) is 16.2. The van der Waals surface area contributed by atoms with Crippen LogP contribution in [0.5, 0.6) is 5.75 Å². The van der Waals surface area contributed by atoms with Crippen molar-refractivity contribution in [2.24, 2.45) is 5.92 Å². The summed E-state index contributed by atoms with van der Waals surface area (Å²) in [6.07, 6.45) is 6.82. The predicted octanol–water partition coefficient (Wildman–Crippen LogP) is 5.54. The Labute approximate surface area is 159 Å². The Morgan fingerprint density at radius 3 is 2.58 bits per heavy atom. The number of ether oxygens (including phenoxy) is 1. The molecule has 3 aliphatic rings. The van der Waals surface area contributed by atoms with Gasteiger partial charge in [0.25, 0.3) is 0 Å². The third kappa shape index (κ3) is 2.53. The van der Waals surface area contributed by atoms with Crippen LogP contribution in [0.25, 0.3) is 5.70 Å². The lowest BCUT2D eigenvalue weighted by Gasteiger charge is -2.51. The Balaban J connectivity index is 1.56. The zero-order valence-corrected chi connectivity index (χ0v) is 15.7. The summed E-state index contributed by atoms with van der Waals surface area (Å²) in [6, 6.07) is 16.7. The van der Waals surface area contributed by atoms with E-state index in [4.69, 9.17) is 16.3 Å². The van der Waals surface area contributed by atoms with E-state index in [1.807, 2.05) is 12.1 Å². The molecule has 0 aromatic heterocycles. The van der Waals surface area contributed by atoms with E-state index in [2.05, 4.69) is 59.8 Å². The normalized spacial score (nSPS) is 30.2. The van der Waals surface area contributed by atoms with Crippen LogP contribution in [-0.4, -0.2) is 10.7 Å². The molecule has 2 aromatic carbocycles. The SMILES string of the molecule is CC1CCC2(CC1)Oc1ccccc1[C@@H]1C=C(c3ccc(Cl)cc3)NN12. The van der Waals surface area contributed by atoms with Crippen LogP contribution in [0.2, 0.25) is 5.02 Å². The molecule has 2 heterocycles. The van der Waals surface area contributed by atoms with Gasteiger partial charge in [0.05, 0.1) is 11.7 Å². The van der Waals surface area contributed by atoms with E-state index in [1.54, 1.807) is 0 Å². The van der Waals surface area contributed by atoms with Crippen LogP contribution in [0.3, 0.4) is 0 Å². The van der Waals surface area contributed by atoms with Crippen molar-refractivity contribution < 1.29 is 4.74 Å². The fourth-order valence-corrected chi connectivity index (χ4v) is 4.60. The van der Waals surface area contributed by atoms with Crippen molar-refractivity contribution in [3.05, 3.63) is 70.8 Å². The Morgan fingerprint density at radius 2 is 1.81 bits per heavy atom. The summed E-state index contributed by atoms with van der Waals surface area (Å²) in [5.41, 5.74) is 6.92. The number of halogens is 1. The van der Waals surface area contributed by atoms with E-state index in [0.29, 0.717) is 0 Å². The van der Waals surface area contributed by atoms with Crippen LogP contribution in [0.4, 0.5) is 0 Å². The summed E-state index contributed by atoms with van der Waals surface area (Å²) in [4.78, 5) is 0. The second kappa shape index (κ2) is 6.04. The maximum atomic E-state index is 6.63. The number of hydrazine groups is 1. The van der Waals surface area contributed by atoms with Gasteiger partial charge in [-0.05, 0) is 48.6 Å². The van der Waals surface area contributed by atoms with Crippen molar-refractivity contribution in [1.82, 2.24) is 10.4 Å². The Hall–Kier alpha value is -1.97. The predicted molar refractivity (Wildman–Crippen MR) is 105 cm³/mol. The number of nitrogens with one attached hydrogen (secondary N) is 1. The molecule has 4 heteroatoms. The van der Waals surface area contributed by atoms with Gasteiger partial charge in [-0.3, -0.25) is 0 Å². The number of benzene rings is 2. The monoisotopic (exact) mass is 366 g/mol. The average Bonchev–Trinajstić information content (AvgIpc) is 3.12. The Bertz CT molecular complexity index is 853. The van der Waals surface area contributed by atoms with Gasteiger partial charge in [0.1, 0.15) is 5.75 Å². The molecule has 134 valence electrons. The summed E-state index contributed by atoms with van der Waals surface area (Å²) in [5, 5.41) is 3.11. The Kier molecular flexibility index (Phi) is 3.77. The number of para-hydroxylation sites is 1. The fourth-order valence-electron chi connectivity index (χ4n) is 4.47. The van der Waals surface area contributed by atoms with Gasteiger partial charge in [-0.15, -0.1) is 0 Å². The lowest BCUT2D eigenvalue weighted by Crippen LogP contribution is -2.60. The van der Waals surface area contributed by atoms with E-state index in [1.165, 1.54) is 18.4 Å². The molecule has 1 fully saturated rings. The molecular formula is C22H23ClN2O. The zero-order valence-electron chi connectivity index (χ0n) is 14.9. The summed E-state index contributed by atoms with van der Waals surface area (Å²) in [6.45, 7) is 2.34. The number of nitrogens with zero attached hydrogens (tertiary/aromatic N) is 1. The van der Waals surface area contributed by atoms with Crippen molar-refractivity contribution in [2.75, 3.05) is 0 Å². The summed E-state index contributed by atoms with van der Waals surface area (Å²) < 4.78 is 6.63. The standard InChI is InChI=1S/C22H23ClN2O/c1-15-10-12-22(13-11-15)25-20(18-4-2-3-5-21(18)26-22)14-19(24-25)16-6-8-17(23)9-7-16/h2-9,14-15,20,24H,10-13H2,1H3/t15?,20-,22?/m0/s1. The van der Waals surface area contributed by atoms with Crippen LogP contribution >= 0.6 is 11.6 Å². The molecule has 1 saturated carbocycles. The lowest BCUT2D eigenvalue weighted by atomic mass is 9.82. The third-order valence-electron chi connectivity index (χ3n) is 6.03. The molecule has 0 unspecified atom stereocenters. The Morgan fingerprint density at radius 1 is 1.08 bits per heavy atom. The highest BCUT2D eigenvalue weighted by atomic mass is 35.5. The summed E-state index contributed by atoms with van der Waals surface area (Å²) in [5.74, 6) is 1.80. The summed E-state index contributed by atoms with van der Waals surface area (Å²) >= 11 is 6.07. The van der Waals surface area contributed by atoms with E-state index >= 15 is 0 Å². The second-order valence-electron chi connectivity index (χ2n) is 7.78. The van der Waals surface area contributed by atoms with E-state index < -0.39 is 0 Å². The highest BCUT2D eigenvalue weighted by Gasteiger charge is 2.51. The third-order valence-corrected chi connectivity index (χ3v) is 6.28. The van der Waals surface area contributed by atoms with Gasteiger partial charge in [0.15, 0.2) is 5.72 Å². The van der Waals surface area contributed by atoms with Gasteiger partial charge in [0, 0.05) is 23.4 Å². The molecule has 1 aliphatic carbocycles. The largest absolute Gasteiger partial charge is 0.471 e. The van der Waals surface area contributed by atoms with Crippen molar-refractivity contribution >= 4 is 17.3 Å². The molecule has 1 N–H and O–H groups in total. The molecule has 0 radical (unpaired) electrons. The van der Waals surface area contributed by atoms with E-state index in [9.17, 15) is 0 Å².